The molecule has 88 valence electrons. The van der Waals surface area contributed by atoms with Gasteiger partial charge in [-0.15, -0.1) is 0 Å². The van der Waals surface area contributed by atoms with Crippen molar-refractivity contribution in [1.29, 1.82) is 0 Å². The topological polar surface area (TPSA) is 0 Å². The van der Waals surface area contributed by atoms with Gasteiger partial charge in [-0.2, -0.15) is 0 Å². The second kappa shape index (κ2) is 4.11. The lowest BCUT2D eigenvalue weighted by Crippen LogP contribution is -2.15. The summed E-state index contributed by atoms with van der Waals surface area (Å²) in [6, 6.07) is 0. The summed E-state index contributed by atoms with van der Waals surface area (Å²) in [5, 5.41) is 0. The fourth-order valence-corrected chi connectivity index (χ4v) is 3.77. The minimum atomic E-state index is 0.922. The SMILES string of the molecule is CCC1CC1C(C)C(C)C1CC1C(C)C. The molecule has 0 aromatic rings. The Morgan fingerprint density at radius 2 is 1.47 bits per heavy atom. The smallest absolute Gasteiger partial charge is 0.0352 e. The summed E-state index contributed by atoms with van der Waals surface area (Å²) in [5.74, 6) is 7.19. The molecule has 0 heterocycles. The molecule has 0 nitrogen and oxygen atoms in total. The Balaban J connectivity index is 1.80. The molecule has 0 aliphatic heterocycles. The Kier molecular flexibility index (Phi) is 3.14. The molecule has 2 aliphatic carbocycles. The molecular weight excluding hydrogens is 180 g/mol. The summed E-state index contributed by atoms with van der Waals surface area (Å²) in [4.78, 5) is 0. The van der Waals surface area contributed by atoms with E-state index in [0.29, 0.717) is 0 Å². The van der Waals surface area contributed by atoms with Gasteiger partial charge in [-0.05, 0) is 54.3 Å². The molecule has 6 atom stereocenters. The molecule has 2 rings (SSSR count). The second-order valence-corrected chi connectivity index (χ2v) is 6.59. The van der Waals surface area contributed by atoms with Crippen molar-refractivity contribution in [2.75, 3.05) is 0 Å². The Hall–Kier alpha value is 0. The first-order valence-corrected chi connectivity index (χ1v) is 7.06. The summed E-state index contributed by atoms with van der Waals surface area (Å²) in [7, 11) is 0. The first-order chi connectivity index (χ1) is 7.06. The van der Waals surface area contributed by atoms with Crippen LogP contribution in [-0.2, 0) is 0 Å². The first-order valence-electron chi connectivity index (χ1n) is 7.06. The average molecular weight is 208 g/mol. The first kappa shape index (κ1) is 11.5. The second-order valence-electron chi connectivity index (χ2n) is 6.59. The van der Waals surface area contributed by atoms with Gasteiger partial charge in [-0.25, -0.2) is 0 Å². The van der Waals surface area contributed by atoms with Crippen LogP contribution < -0.4 is 0 Å². The number of hydrogen-bond donors (Lipinski definition) is 0. The molecule has 2 fully saturated rings. The van der Waals surface area contributed by atoms with Crippen LogP contribution >= 0.6 is 0 Å². The van der Waals surface area contributed by atoms with Gasteiger partial charge in [0.05, 0.1) is 0 Å². The molecule has 0 amide bonds. The number of rotatable bonds is 5. The van der Waals surface area contributed by atoms with Crippen LogP contribution in [0.3, 0.4) is 0 Å². The van der Waals surface area contributed by atoms with Crippen LogP contribution in [-0.4, -0.2) is 0 Å². The van der Waals surface area contributed by atoms with Crippen molar-refractivity contribution in [1.82, 2.24) is 0 Å². The largest absolute Gasteiger partial charge is 0.0651 e. The van der Waals surface area contributed by atoms with Crippen molar-refractivity contribution in [3.05, 3.63) is 0 Å². The van der Waals surface area contributed by atoms with Gasteiger partial charge in [0.2, 0.25) is 0 Å². The maximum Gasteiger partial charge on any atom is -0.0352 e. The minimum absolute atomic E-state index is 0.922. The molecule has 0 heteroatoms. The highest BCUT2D eigenvalue weighted by Crippen LogP contribution is 2.56. The minimum Gasteiger partial charge on any atom is -0.0651 e. The van der Waals surface area contributed by atoms with E-state index in [0.717, 1.165) is 41.4 Å². The van der Waals surface area contributed by atoms with Gasteiger partial charge in [-0.1, -0.05) is 41.0 Å². The van der Waals surface area contributed by atoms with E-state index in [1.807, 2.05) is 0 Å². The maximum atomic E-state index is 2.52. The van der Waals surface area contributed by atoms with E-state index in [1.165, 1.54) is 19.3 Å². The molecule has 2 saturated carbocycles. The zero-order valence-electron chi connectivity index (χ0n) is 11.2. The third kappa shape index (κ3) is 2.24. The summed E-state index contributed by atoms with van der Waals surface area (Å²) in [5.41, 5.74) is 0. The van der Waals surface area contributed by atoms with Crippen molar-refractivity contribution in [3.8, 4) is 0 Å². The summed E-state index contributed by atoms with van der Waals surface area (Å²) in [6.45, 7) is 12.2. The monoisotopic (exact) mass is 208 g/mol. The predicted molar refractivity (Wildman–Crippen MR) is 66.7 cm³/mol. The van der Waals surface area contributed by atoms with Gasteiger partial charge >= 0.3 is 0 Å². The van der Waals surface area contributed by atoms with Crippen LogP contribution in [0.2, 0.25) is 0 Å². The molecule has 0 N–H and O–H groups in total. The van der Waals surface area contributed by atoms with Crippen LogP contribution in [0.5, 0.6) is 0 Å². The lowest BCUT2D eigenvalue weighted by atomic mass is 9.84. The quantitative estimate of drug-likeness (QED) is 0.619. The van der Waals surface area contributed by atoms with Crippen LogP contribution in [0.15, 0.2) is 0 Å². The standard InChI is InChI=1S/C15H28/c1-6-12-7-14(12)10(4)11(5)15-8-13(15)9(2)3/h9-15H,6-8H2,1-5H3. The molecule has 6 unspecified atom stereocenters. The van der Waals surface area contributed by atoms with Crippen LogP contribution in [0.1, 0.15) is 53.9 Å². The molecule has 0 radical (unpaired) electrons. The highest BCUT2D eigenvalue weighted by molar-refractivity contribution is 4.98. The van der Waals surface area contributed by atoms with Crippen LogP contribution in [0.25, 0.3) is 0 Å². The van der Waals surface area contributed by atoms with E-state index in [1.54, 1.807) is 0 Å². The molecule has 0 aromatic carbocycles. The molecule has 0 bridgehead atoms. The average Bonchev–Trinajstić information content (AvgIpc) is 3.06. The van der Waals surface area contributed by atoms with Crippen molar-refractivity contribution < 1.29 is 0 Å². The highest BCUT2D eigenvalue weighted by Gasteiger charge is 2.49. The molecular formula is C15H28. The molecule has 0 spiro atoms. The van der Waals surface area contributed by atoms with Gasteiger partial charge in [0.25, 0.3) is 0 Å². The van der Waals surface area contributed by atoms with E-state index >= 15 is 0 Å². The van der Waals surface area contributed by atoms with E-state index in [2.05, 4.69) is 34.6 Å². The van der Waals surface area contributed by atoms with Crippen LogP contribution in [0, 0.1) is 41.4 Å². The molecule has 2 aliphatic rings. The van der Waals surface area contributed by atoms with E-state index in [-0.39, 0.29) is 0 Å². The van der Waals surface area contributed by atoms with Gasteiger partial charge in [0, 0.05) is 0 Å². The Bertz CT molecular complexity index is 218. The van der Waals surface area contributed by atoms with Crippen molar-refractivity contribution in [2.45, 2.75) is 53.9 Å². The fraction of sp³-hybridized carbons (Fsp3) is 1.00. The molecule has 0 aromatic heterocycles. The number of hydrogen-bond acceptors (Lipinski definition) is 0. The summed E-state index contributed by atoms with van der Waals surface area (Å²) in [6.07, 6.45) is 4.47. The third-order valence-electron chi connectivity index (χ3n) is 5.43. The fourth-order valence-electron chi connectivity index (χ4n) is 3.77. The lowest BCUT2D eigenvalue weighted by Gasteiger charge is -2.21. The molecule has 0 saturated heterocycles. The Labute approximate surface area is 95.8 Å². The zero-order chi connectivity index (χ0) is 11.2. The normalized spacial score (nSPS) is 42.8. The van der Waals surface area contributed by atoms with E-state index in [4.69, 9.17) is 0 Å². The Morgan fingerprint density at radius 3 is 1.87 bits per heavy atom. The van der Waals surface area contributed by atoms with Gasteiger partial charge in [0.1, 0.15) is 0 Å². The van der Waals surface area contributed by atoms with E-state index < -0.39 is 0 Å². The van der Waals surface area contributed by atoms with Crippen LogP contribution in [0.4, 0.5) is 0 Å². The zero-order valence-corrected chi connectivity index (χ0v) is 11.2. The maximum absolute atomic E-state index is 2.52. The third-order valence-corrected chi connectivity index (χ3v) is 5.43. The highest BCUT2D eigenvalue weighted by atomic mass is 14.5. The molecule has 15 heavy (non-hydrogen) atoms. The van der Waals surface area contributed by atoms with Gasteiger partial charge in [0.15, 0.2) is 0 Å². The summed E-state index contributed by atoms with van der Waals surface area (Å²) < 4.78 is 0. The van der Waals surface area contributed by atoms with Crippen molar-refractivity contribution in [3.63, 3.8) is 0 Å². The van der Waals surface area contributed by atoms with Crippen molar-refractivity contribution >= 4 is 0 Å². The Morgan fingerprint density at radius 1 is 0.867 bits per heavy atom. The lowest BCUT2D eigenvalue weighted by molar-refractivity contribution is 0.276. The van der Waals surface area contributed by atoms with Gasteiger partial charge < -0.3 is 0 Å². The predicted octanol–water partition coefficient (Wildman–Crippen LogP) is 4.60. The van der Waals surface area contributed by atoms with Crippen molar-refractivity contribution in [2.24, 2.45) is 41.4 Å². The summed E-state index contributed by atoms with van der Waals surface area (Å²) >= 11 is 0. The van der Waals surface area contributed by atoms with E-state index in [9.17, 15) is 0 Å². The van der Waals surface area contributed by atoms with Gasteiger partial charge in [-0.3, -0.25) is 0 Å².